The first kappa shape index (κ1) is 16.5. The fraction of sp³-hybridized carbons (Fsp3) is 0.650. The number of carbonyl (C=O) groups excluding carboxylic acids is 1. The summed E-state index contributed by atoms with van der Waals surface area (Å²) in [4.78, 5) is 11.6. The third-order valence-electron chi connectivity index (χ3n) is 6.95. The summed E-state index contributed by atoms with van der Waals surface area (Å²) >= 11 is 0. The fourth-order valence-electron chi connectivity index (χ4n) is 5.28. The Bertz CT molecular complexity index is 588. The van der Waals surface area contributed by atoms with E-state index in [1.165, 1.54) is 5.56 Å². The molecule has 0 bridgehead atoms. The van der Waals surface area contributed by atoms with Crippen molar-refractivity contribution < 1.29 is 14.3 Å². The quantitative estimate of drug-likeness (QED) is 0.849. The molecule has 23 heavy (non-hydrogen) atoms. The van der Waals surface area contributed by atoms with Gasteiger partial charge in [-0.05, 0) is 66.6 Å². The van der Waals surface area contributed by atoms with Crippen LogP contribution in [0.15, 0.2) is 34.7 Å². The van der Waals surface area contributed by atoms with Gasteiger partial charge in [0.25, 0.3) is 0 Å². The van der Waals surface area contributed by atoms with E-state index in [0.717, 1.165) is 37.5 Å². The van der Waals surface area contributed by atoms with Gasteiger partial charge in [-0.25, -0.2) is 0 Å². The standard InChI is InChI=1S/C20H28O3/c1-14-17(22)11-20(3)16(12-21)5-4-6-18(20)19(14,2)9-7-15-8-10-23-13-15/h5,8,10,12-14,17-18,22H,4,6-7,9,11H2,1-3H3/t14-,17-,18-,19+,20+/m1/s1. The maximum atomic E-state index is 11.6. The predicted octanol–water partition coefficient (Wildman–Crippen LogP) is 4.16. The first-order valence-electron chi connectivity index (χ1n) is 8.77. The Hall–Kier alpha value is -1.35. The van der Waals surface area contributed by atoms with Gasteiger partial charge in [0.05, 0.1) is 18.6 Å². The van der Waals surface area contributed by atoms with Gasteiger partial charge >= 0.3 is 0 Å². The van der Waals surface area contributed by atoms with Gasteiger partial charge in [-0.1, -0.05) is 26.8 Å². The topological polar surface area (TPSA) is 50.4 Å². The molecule has 1 saturated carbocycles. The van der Waals surface area contributed by atoms with Gasteiger partial charge in [-0.2, -0.15) is 0 Å². The number of aryl methyl sites for hydroxylation is 1. The van der Waals surface area contributed by atoms with E-state index in [1.807, 2.05) is 12.3 Å². The molecule has 3 nitrogen and oxygen atoms in total. The van der Waals surface area contributed by atoms with Crippen LogP contribution < -0.4 is 0 Å². The third kappa shape index (κ3) is 2.59. The van der Waals surface area contributed by atoms with Crippen LogP contribution in [0, 0.1) is 22.7 Å². The normalized spacial score (nSPS) is 40.3. The zero-order chi connectivity index (χ0) is 16.7. The summed E-state index contributed by atoms with van der Waals surface area (Å²) in [6, 6.07) is 2.02. The summed E-state index contributed by atoms with van der Waals surface area (Å²) in [7, 11) is 0. The van der Waals surface area contributed by atoms with Crippen molar-refractivity contribution in [2.75, 3.05) is 0 Å². The Labute approximate surface area is 138 Å². The number of hydrogen-bond acceptors (Lipinski definition) is 3. The van der Waals surface area contributed by atoms with Crippen molar-refractivity contribution in [2.24, 2.45) is 22.7 Å². The smallest absolute Gasteiger partial charge is 0.146 e. The van der Waals surface area contributed by atoms with Crippen LogP contribution in [0.4, 0.5) is 0 Å². The highest BCUT2D eigenvalue weighted by Gasteiger charge is 2.56. The van der Waals surface area contributed by atoms with Gasteiger partial charge in [-0.15, -0.1) is 0 Å². The minimum atomic E-state index is -0.355. The van der Waals surface area contributed by atoms with Crippen molar-refractivity contribution in [1.82, 2.24) is 0 Å². The van der Waals surface area contributed by atoms with Crippen LogP contribution in [0.25, 0.3) is 0 Å². The van der Waals surface area contributed by atoms with Crippen LogP contribution in [0.2, 0.25) is 0 Å². The molecule has 3 heteroatoms. The van der Waals surface area contributed by atoms with Crippen molar-refractivity contribution in [2.45, 2.75) is 59.0 Å². The van der Waals surface area contributed by atoms with E-state index in [-0.39, 0.29) is 22.9 Å². The molecule has 126 valence electrons. The van der Waals surface area contributed by atoms with Crippen molar-refractivity contribution in [1.29, 1.82) is 0 Å². The number of furan rings is 1. The minimum absolute atomic E-state index is 0.0200. The predicted molar refractivity (Wildman–Crippen MR) is 89.9 cm³/mol. The molecule has 0 spiro atoms. The molecule has 2 aliphatic carbocycles. The number of allylic oxidation sites excluding steroid dienone is 2. The minimum Gasteiger partial charge on any atom is -0.472 e. The molecule has 3 rings (SSSR count). The zero-order valence-corrected chi connectivity index (χ0v) is 14.4. The largest absolute Gasteiger partial charge is 0.472 e. The van der Waals surface area contributed by atoms with E-state index in [2.05, 4.69) is 26.8 Å². The van der Waals surface area contributed by atoms with Crippen molar-refractivity contribution in [3.8, 4) is 0 Å². The Kier molecular flexibility index (Phi) is 4.26. The van der Waals surface area contributed by atoms with Crippen LogP contribution in [0.3, 0.4) is 0 Å². The highest BCUT2D eigenvalue weighted by Crippen LogP contribution is 2.61. The lowest BCUT2D eigenvalue weighted by Crippen LogP contribution is -2.55. The molecular weight excluding hydrogens is 288 g/mol. The van der Waals surface area contributed by atoms with Crippen LogP contribution in [0.5, 0.6) is 0 Å². The monoisotopic (exact) mass is 316 g/mol. The maximum Gasteiger partial charge on any atom is 0.146 e. The van der Waals surface area contributed by atoms with E-state index >= 15 is 0 Å². The lowest BCUT2D eigenvalue weighted by atomic mass is 9.46. The molecule has 0 radical (unpaired) electrons. The van der Waals surface area contributed by atoms with Gasteiger partial charge in [-0.3, -0.25) is 4.79 Å². The number of fused-ring (bicyclic) bond motifs is 1. The summed E-state index contributed by atoms with van der Waals surface area (Å²) in [6.45, 7) is 6.68. The van der Waals surface area contributed by atoms with Crippen LogP contribution in [-0.4, -0.2) is 17.5 Å². The molecule has 0 unspecified atom stereocenters. The van der Waals surface area contributed by atoms with Gasteiger partial charge in [0.1, 0.15) is 6.29 Å². The average Bonchev–Trinajstić information content (AvgIpc) is 3.04. The number of aliphatic hydroxyl groups excluding tert-OH is 1. The molecule has 1 aromatic heterocycles. The van der Waals surface area contributed by atoms with Gasteiger partial charge in [0.2, 0.25) is 0 Å². The second kappa shape index (κ2) is 5.94. The van der Waals surface area contributed by atoms with Crippen LogP contribution in [-0.2, 0) is 11.2 Å². The summed E-state index contributed by atoms with van der Waals surface area (Å²) in [5, 5.41) is 10.7. The van der Waals surface area contributed by atoms with Crippen molar-refractivity contribution >= 4 is 6.29 Å². The molecule has 1 aromatic rings. The van der Waals surface area contributed by atoms with Gasteiger partial charge in [0, 0.05) is 5.41 Å². The molecule has 0 saturated heterocycles. The molecule has 1 N–H and O–H groups in total. The molecular formula is C20H28O3. The van der Waals surface area contributed by atoms with E-state index in [9.17, 15) is 9.90 Å². The maximum absolute atomic E-state index is 11.6. The number of hydrogen-bond donors (Lipinski definition) is 1. The summed E-state index contributed by atoms with van der Waals surface area (Å²) in [6.07, 6.45) is 11.0. The molecule has 2 aliphatic rings. The summed E-state index contributed by atoms with van der Waals surface area (Å²) in [5.74, 6) is 0.670. The van der Waals surface area contributed by atoms with Gasteiger partial charge in [0.15, 0.2) is 0 Å². The lowest BCUT2D eigenvalue weighted by Gasteiger charge is -2.59. The molecule has 5 atom stereocenters. The number of carbonyl (C=O) groups is 1. The third-order valence-corrected chi connectivity index (χ3v) is 6.95. The summed E-state index contributed by atoms with van der Waals surface area (Å²) in [5.41, 5.74) is 1.93. The van der Waals surface area contributed by atoms with Crippen molar-refractivity contribution in [3.63, 3.8) is 0 Å². The van der Waals surface area contributed by atoms with Crippen LogP contribution in [0.1, 0.15) is 52.0 Å². The molecule has 0 aliphatic heterocycles. The lowest BCUT2D eigenvalue weighted by molar-refractivity contribution is -0.124. The number of aliphatic hydroxyl groups is 1. The Morgan fingerprint density at radius 3 is 2.87 bits per heavy atom. The van der Waals surface area contributed by atoms with E-state index in [1.54, 1.807) is 6.26 Å². The highest BCUT2D eigenvalue weighted by molar-refractivity contribution is 5.76. The molecule has 0 amide bonds. The molecule has 0 aromatic carbocycles. The SMILES string of the molecule is C[C@@H]1[C@H](O)C[C@@]2(C)C(C=O)=CCC[C@@H]2[C@@]1(C)CCc1ccoc1. The Balaban J connectivity index is 1.93. The number of aldehydes is 1. The first-order valence-corrected chi connectivity index (χ1v) is 8.77. The fourth-order valence-corrected chi connectivity index (χ4v) is 5.28. The van der Waals surface area contributed by atoms with E-state index in [0.29, 0.717) is 12.3 Å². The second-order valence-electron chi connectivity index (χ2n) is 8.02. The molecule has 1 heterocycles. The second-order valence-corrected chi connectivity index (χ2v) is 8.02. The molecule has 1 fully saturated rings. The summed E-state index contributed by atoms with van der Waals surface area (Å²) < 4.78 is 5.19. The highest BCUT2D eigenvalue weighted by atomic mass is 16.3. The number of rotatable bonds is 4. The van der Waals surface area contributed by atoms with Crippen LogP contribution >= 0.6 is 0 Å². The Morgan fingerprint density at radius 2 is 2.22 bits per heavy atom. The Morgan fingerprint density at radius 1 is 1.43 bits per heavy atom. The van der Waals surface area contributed by atoms with E-state index in [4.69, 9.17) is 4.42 Å². The average molecular weight is 316 g/mol. The van der Waals surface area contributed by atoms with Crippen molar-refractivity contribution in [3.05, 3.63) is 35.8 Å². The zero-order valence-electron chi connectivity index (χ0n) is 14.4. The van der Waals surface area contributed by atoms with Gasteiger partial charge < -0.3 is 9.52 Å². The first-order chi connectivity index (χ1) is 10.9. The van der Waals surface area contributed by atoms with E-state index < -0.39 is 0 Å².